The van der Waals surface area contributed by atoms with Gasteiger partial charge in [0.15, 0.2) is 0 Å². The quantitative estimate of drug-likeness (QED) is 0.661. The summed E-state index contributed by atoms with van der Waals surface area (Å²) in [4.78, 5) is 15.0. The maximum atomic E-state index is 12.5. The zero-order chi connectivity index (χ0) is 21.5. The van der Waals surface area contributed by atoms with Gasteiger partial charge in [-0.05, 0) is 50.4 Å². The van der Waals surface area contributed by atoms with Crippen LogP contribution >= 0.6 is 0 Å². The highest BCUT2D eigenvalue weighted by Gasteiger charge is 2.38. The number of ether oxygens (including phenoxy) is 3. The van der Waals surface area contributed by atoms with E-state index < -0.39 is 6.10 Å². The molecule has 0 bridgehead atoms. The fourth-order valence-corrected chi connectivity index (χ4v) is 5.84. The number of aliphatic hydroxyl groups is 1. The number of fused-ring (bicyclic) bond motifs is 1. The fraction of sp³-hybridized carbons (Fsp3) is 0.958. The number of nitrogens with zero attached hydrogens (tertiary/aromatic N) is 1. The van der Waals surface area contributed by atoms with Crippen molar-refractivity contribution in [1.82, 2.24) is 10.2 Å². The lowest BCUT2D eigenvalue weighted by molar-refractivity contribution is -0.159. The first-order valence-corrected chi connectivity index (χ1v) is 12.7. The van der Waals surface area contributed by atoms with Gasteiger partial charge >= 0.3 is 0 Å². The Balaban J connectivity index is 1.27. The fourth-order valence-electron chi connectivity index (χ4n) is 5.84. The molecule has 0 unspecified atom stereocenters. The molecule has 2 N–H and O–H groups in total. The Morgan fingerprint density at radius 2 is 1.74 bits per heavy atom. The summed E-state index contributed by atoms with van der Waals surface area (Å²) in [6.45, 7) is 4.96. The van der Waals surface area contributed by atoms with E-state index in [0.29, 0.717) is 38.0 Å². The summed E-state index contributed by atoms with van der Waals surface area (Å²) < 4.78 is 17.7. The van der Waals surface area contributed by atoms with Gasteiger partial charge in [-0.2, -0.15) is 0 Å². The molecule has 1 amide bonds. The van der Waals surface area contributed by atoms with Crippen LogP contribution in [0.25, 0.3) is 0 Å². The van der Waals surface area contributed by atoms with Crippen LogP contribution in [0.1, 0.15) is 64.2 Å². The second kappa shape index (κ2) is 11.9. The molecule has 4 rings (SSSR count). The highest BCUT2D eigenvalue weighted by molar-refractivity contribution is 5.76. The molecule has 178 valence electrons. The molecule has 0 spiro atoms. The molecule has 1 aliphatic carbocycles. The number of hydrogen-bond donors (Lipinski definition) is 2. The van der Waals surface area contributed by atoms with Gasteiger partial charge in [0.25, 0.3) is 0 Å². The van der Waals surface area contributed by atoms with E-state index in [1.807, 2.05) is 0 Å². The number of nitrogens with one attached hydrogen (secondary N) is 1. The van der Waals surface area contributed by atoms with Crippen molar-refractivity contribution >= 4 is 5.91 Å². The number of rotatable bonds is 6. The molecule has 0 aromatic heterocycles. The summed E-state index contributed by atoms with van der Waals surface area (Å²) in [6, 6.07) is 0.249. The highest BCUT2D eigenvalue weighted by atomic mass is 16.5. The lowest BCUT2D eigenvalue weighted by Crippen LogP contribution is -2.57. The lowest BCUT2D eigenvalue weighted by Gasteiger charge is -2.45. The van der Waals surface area contributed by atoms with E-state index in [1.54, 1.807) is 0 Å². The summed E-state index contributed by atoms with van der Waals surface area (Å²) in [6.07, 6.45) is 10.4. The second-order valence-corrected chi connectivity index (χ2v) is 10.2. The van der Waals surface area contributed by atoms with Crippen molar-refractivity contribution in [2.75, 3.05) is 46.1 Å². The Morgan fingerprint density at radius 1 is 0.935 bits per heavy atom. The van der Waals surface area contributed by atoms with Crippen LogP contribution in [0.15, 0.2) is 0 Å². The molecule has 0 aromatic carbocycles. The molecule has 31 heavy (non-hydrogen) atoms. The molecule has 4 aliphatic rings. The van der Waals surface area contributed by atoms with Crippen LogP contribution in [0, 0.1) is 11.8 Å². The Hall–Kier alpha value is -0.730. The number of amides is 1. The molecule has 7 nitrogen and oxygen atoms in total. The average Bonchev–Trinajstić information content (AvgIpc) is 2.78. The van der Waals surface area contributed by atoms with E-state index in [-0.39, 0.29) is 24.2 Å². The third-order valence-electron chi connectivity index (χ3n) is 7.65. The van der Waals surface area contributed by atoms with Crippen LogP contribution in [-0.4, -0.2) is 86.3 Å². The topological polar surface area (TPSA) is 80.3 Å². The molecule has 4 fully saturated rings. The zero-order valence-electron chi connectivity index (χ0n) is 19.0. The maximum Gasteiger partial charge on any atom is 0.222 e. The number of aliphatic hydroxyl groups excluding tert-OH is 1. The van der Waals surface area contributed by atoms with Gasteiger partial charge in [0.2, 0.25) is 5.91 Å². The molecule has 3 heterocycles. The Morgan fingerprint density at radius 3 is 2.55 bits per heavy atom. The van der Waals surface area contributed by atoms with Gasteiger partial charge in [-0.25, -0.2) is 0 Å². The third kappa shape index (κ3) is 7.13. The normalized spacial score (nSPS) is 34.5. The lowest BCUT2D eigenvalue weighted by atomic mass is 9.89. The Labute approximate surface area is 187 Å². The van der Waals surface area contributed by atoms with E-state index >= 15 is 0 Å². The van der Waals surface area contributed by atoms with Crippen LogP contribution in [0.4, 0.5) is 0 Å². The predicted octanol–water partition coefficient (Wildman–Crippen LogP) is 2.11. The number of carbonyl (C=O) groups excluding carboxylic acids is 1. The van der Waals surface area contributed by atoms with E-state index in [1.165, 1.54) is 32.1 Å². The molecular weight excluding hydrogens is 396 g/mol. The van der Waals surface area contributed by atoms with Crippen LogP contribution in [-0.2, 0) is 19.0 Å². The second-order valence-electron chi connectivity index (χ2n) is 10.2. The van der Waals surface area contributed by atoms with E-state index in [0.717, 1.165) is 52.0 Å². The summed E-state index contributed by atoms with van der Waals surface area (Å²) in [5.74, 6) is 1.39. The van der Waals surface area contributed by atoms with Crippen LogP contribution in [0.3, 0.4) is 0 Å². The first kappa shape index (κ1) is 23.4. The zero-order valence-corrected chi connectivity index (χ0v) is 19.0. The minimum atomic E-state index is -0.455. The van der Waals surface area contributed by atoms with Crippen molar-refractivity contribution in [2.24, 2.45) is 11.8 Å². The first-order chi connectivity index (χ1) is 15.2. The van der Waals surface area contributed by atoms with Crippen molar-refractivity contribution in [3.05, 3.63) is 0 Å². The molecule has 3 aliphatic heterocycles. The number of carbonyl (C=O) groups is 1. The molecule has 7 heteroatoms. The van der Waals surface area contributed by atoms with Gasteiger partial charge in [0.1, 0.15) is 0 Å². The monoisotopic (exact) mass is 438 g/mol. The van der Waals surface area contributed by atoms with E-state index in [4.69, 9.17) is 14.2 Å². The minimum absolute atomic E-state index is 0.0303. The third-order valence-corrected chi connectivity index (χ3v) is 7.65. The summed E-state index contributed by atoms with van der Waals surface area (Å²) in [7, 11) is 0. The largest absolute Gasteiger partial charge is 0.389 e. The van der Waals surface area contributed by atoms with Gasteiger partial charge < -0.3 is 24.6 Å². The summed E-state index contributed by atoms with van der Waals surface area (Å²) in [5, 5.41) is 13.5. The van der Waals surface area contributed by atoms with Crippen molar-refractivity contribution in [3.8, 4) is 0 Å². The SMILES string of the molecule is O=C(C[C@H]1CC[C@@H]2[C@H](COC[C@H](O)CN2CC2CCOCC2)O1)NCC1CCCCC1. The smallest absolute Gasteiger partial charge is 0.222 e. The Bertz CT molecular complexity index is 550. The molecule has 0 aromatic rings. The Kier molecular flexibility index (Phi) is 9.02. The average molecular weight is 439 g/mol. The van der Waals surface area contributed by atoms with Gasteiger partial charge in [-0.3, -0.25) is 9.69 Å². The van der Waals surface area contributed by atoms with Crippen molar-refractivity contribution < 1.29 is 24.1 Å². The van der Waals surface area contributed by atoms with Gasteiger partial charge in [0, 0.05) is 38.9 Å². The van der Waals surface area contributed by atoms with Gasteiger partial charge in [-0.1, -0.05) is 19.3 Å². The maximum absolute atomic E-state index is 12.5. The predicted molar refractivity (Wildman–Crippen MR) is 118 cm³/mol. The van der Waals surface area contributed by atoms with Crippen molar-refractivity contribution in [1.29, 1.82) is 0 Å². The van der Waals surface area contributed by atoms with Gasteiger partial charge in [0.05, 0.1) is 37.9 Å². The van der Waals surface area contributed by atoms with Gasteiger partial charge in [-0.15, -0.1) is 0 Å². The summed E-state index contributed by atoms with van der Waals surface area (Å²) >= 11 is 0. The standard InChI is InChI=1S/C24H42N2O5/c27-20-15-26(14-19-8-10-29-11-9-19)22-7-6-21(31-23(22)17-30-16-20)12-24(28)25-13-18-4-2-1-3-5-18/h18-23,27H,1-17H2,(H,25,28)/t20-,21-,22-,23+/m1/s1. The molecule has 0 radical (unpaired) electrons. The highest BCUT2D eigenvalue weighted by Crippen LogP contribution is 2.29. The van der Waals surface area contributed by atoms with Crippen LogP contribution < -0.4 is 5.32 Å². The van der Waals surface area contributed by atoms with E-state index in [9.17, 15) is 9.90 Å². The van der Waals surface area contributed by atoms with Crippen LogP contribution in [0.5, 0.6) is 0 Å². The number of β-amino-alcohol motifs (C(OH)–C–C–N with tert-alkyl or cyclic N) is 1. The molecule has 1 saturated carbocycles. The molecule has 4 atom stereocenters. The number of hydrogen-bond acceptors (Lipinski definition) is 6. The molecule has 3 saturated heterocycles. The van der Waals surface area contributed by atoms with Crippen LogP contribution in [0.2, 0.25) is 0 Å². The van der Waals surface area contributed by atoms with E-state index in [2.05, 4.69) is 10.2 Å². The first-order valence-electron chi connectivity index (χ1n) is 12.7. The molecular formula is C24H42N2O5. The van der Waals surface area contributed by atoms with Crippen molar-refractivity contribution in [2.45, 2.75) is 88.6 Å². The van der Waals surface area contributed by atoms with Crippen molar-refractivity contribution in [3.63, 3.8) is 0 Å². The summed E-state index contributed by atoms with van der Waals surface area (Å²) in [5.41, 5.74) is 0. The minimum Gasteiger partial charge on any atom is -0.389 e.